The zero-order chi connectivity index (χ0) is 20.4. The van der Waals surface area contributed by atoms with Crippen LogP contribution < -0.4 is 14.8 Å². The maximum absolute atomic E-state index is 12.8. The van der Waals surface area contributed by atoms with Gasteiger partial charge in [0.1, 0.15) is 5.57 Å². The molecule has 1 saturated heterocycles. The van der Waals surface area contributed by atoms with Gasteiger partial charge in [0.25, 0.3) is 17.5 Å². The van der Waals surface area contributed by atoms with Crippen molar-refractivity contribution in [2.75, 3.05) is 14.2 Å². The minimum absolute atomic E-state index is 0.0122. The van der Waals surface area contributed by atoms with Crippen molar-refractivity contribution in [2.24, 2.45) is 0 Å². The van der Waals surface area contributed by atoms with E-state index in [9.17, 15) is 24.5 Å². The Morgan fingerprint density at radius 1 is 1.14 bits per heavy atom. The molecule has 0 bridgehead atoms. The number of nitro benzene ring substituents is 1. The van der Waals surface area contributed by atoms with E-state index in [1.165, 1.54) is 20.3 Å². The van der Waals surface area contributed by atoms with Gasteiger partial charge in [-0.25, -0.2) is 4.79 Å². The first-order valence-electron chi connectivity index (χ1n) is 8.68. The Morgan fingerprint density at radius 2 is 1.75 bits per heavy atom. The lowest BCUT2D eigenvalue weighted by atomic mass is 10.0. The molecule has 10 heteroatoms. The molecule has 1 heterocycles. The third-order valence-electron chi connectivity index (χ3n) is 4.85. The quantitative estimate of drug-likeness (QED) is 0.353. The third kappa shape index (κ3) is 3.40. The van der Waals surface area contributed by atoms with Gasteiger partial charge in [-0.2, -0.15) is 0 Å². The fourth-order valence-corrected chi connectivity index (χ4v) is 3.48. The van der Waals surface area contributed by atoms with Crippen LogP contribution in [0.2, 0.25) is 0 Å². The van der Waals surface area contributed by atoms with E-state index < -0.39 is 22.8 Å². The minimum Gasteiger partial charge on any atom is -0.493 e. The first-order chi connectivity index (χ1) is 13.4. The second kappa shape index (κ2) is 7.67. The lowest BCUT2D eigenvalue weighted by molar-refractivity contribution is -0.385. The molecule has 1 aliphatic carbocycles. The van der Waals surface area contributed by atoms with Crippen LogP contribution in [0, 0.1) is 10.1 Å². The number of urea groups is 1. The number of ether oxygens (including phenoxy) is 2. The van der Waals surface area contributed by atoms with Crippen LogP contribution in [0.1, 0.15) is 31.2 Å². The van der Waals surface area contributed by atoms with Gasteiger partial charge in [0.2, 0.25) is 0 Å². The SMILES string of the molecule is COc1cc(/C=C2\C(=O)NC(=O)N(C3CCCC3)C2=O)c([N+](=O)[O-])cc1OC. The average molecular weight is 389 g/mol. The van der Waals surface area contributed by atoms with Gasteiger partial charge in [-0.15, -0.1) is 0 Å². The molecule has 0 unspecified atom stereocenters. The number of barbiturate groups is 1. The zero-order valence-electron chi connectivity index (χ0n) is 15.4. The lowest BCUT2D eigenvalue weighted by Gasteiger charge is -2.31. The van der Waals surface area contributed by atoms with E-state index in [1.54, 1.807) is 0 Å². The van der Waals surface area contributed by atoms with Crippen molar-refractivity contribution in [1.29, 1.82) is 0 Å². The highest BCUT2D eigenvalue weighted by atomic mass is 16.6. The number of benzene rings is 1. The molecule has 1 aromatic rings. The van der Waals surface area contributed by atoms with Crippen LogP contribution in [0.3, 0.4) is 0 Å². The molecule has 148 valence electrons. The zero-order valence-corrected chi connectivity index (χ0v) is 15.4. The third-order valence-corrected chi connectivity index (χ3v) is 4.85. The van der Waals surface area contributed by atoms with Crippen LogP contribution in [-0.2, 0) is 9.59 Å². The van der Waals surface area contributed by atoms with Gasteiger partial charge in [-0.1, -0.05) is 12.8 Å². The molecular formula is C18H19N3O7. The van der Waals surface area contributed by atoms with E-state index in [0.717, 1.165) is 29.9 Å². The van der Waals surface area contributed by atoms with Crippen molar-refractivity contribution in [3.05, 3.63) is 33.4 Å². The second-order valence-corrected chi connectivity index (χ2v) is 6.45. The minimum atomic E-state index is -0.895. The van der Waals surface area contributed by atoms with E-state index in [2.05, 4.69) is 5.32 Å². The summed E-state index contributed by atoms with van der Waals surface area (Å²) in [5.74, 6) is -1.32. The molecule has 1 N–H and O–H groups in total. The molecule has 2 aliphatic rings. The monoisotopic (exact) mass is 389 g/mol. The highest BCUT2D eigenvalue weighted by Gasteiger charge is 2.41. The lowest BCUT2D eigenvalue weighted by Crippen LogP contribution is -2.57. The number of rotatable bonds is 5. The van der Waals surface area contributed by atoms with Crippen LogP contribution in [0.15, 0.2) is 17.7 Å². The summed E-state index contributed by atoms with van der Waals surface area (Å²) in [6.45, 7) is 0. The summed E-state index contributed by atoms with van der Waals surface area (Å²) >= 11 is 0. The summed E-state index contributed by atoms with van der Waals surface area (Å²) in [6, 6.07) is 1.40. The molecule has 3 rings (SSSR count). The molecule has 10 nitrogen and oxygen atoms in total. The predicted octanol–water partition coefficient (Wildman–Crippen LogP) is 2.02. The number of hydrogen-bond donors (Lipinski definition) is 1. The maximum Gasteiger partial charge on any atom is 0.331 e. The van der Waals surface area contributed by atoms with Crippen LogP contribution >= 0.6 is 0 Å². The molecule has 1 aliphatic heterocycles. The van der Waals surface area contributed by atoms with Crippen LogP contribution in [0.5, 0.6) is 11.5 Å². The van der Waals surface area contributed by atoms with Gasteiger partial charge in [0.05, 0.1) is 30.8 Å². The molecule has 0 atom stereocenters. The molecule has 28 heavy (non-hydrogen) atoms. The van der Waals surface area contributed by atoms with Crippen molar-refractivity contribution in [3.63, 3.8) is 0 Å². The number of hydrogen-bond acceptors (Lipinski definition) is 7. The summed E-state index contributed by atoms with van der Waals surface area (Å²) in [4.78, 5) is 49.1. The molecule has 0 radical (unpaired) electrons. The Hall–Kier alpha value is -3.43. The molecule has 1 saturated carbocycles. The van der Waals surface area contributed by atoms with E-state index in [-0.39, 0.29) is 34.4 Å². The summed E-state index contributed by atoms with van der Waals surface area (Å²) in [6.07, 6.45) is 4.20. The van der Waals surface area contributed by atoms with Gasteiger partial charge >= 0.3 is 6.03 Å². The van der Waals surface area contributed by atoms with Gasteiger partial charge in [0, 0.05) is 6.04 Å². The Bertz CT molecular complexity index is 887. The molecule has 2 fully saturated rings. The number of carbonyl (C=O) groups excluding carboxylic acids is 3. The Labute approximate surface area is 160 Å². The first kappa shape index (κ1) is 19.3. The highest BCUT2D eigenvalue weighted by Crippen LogP contribution is 2.36. The Morgan fingerprint density at radius 3 is 2.32 bits per heavy atom. The summed E-state index contributed by atoms with van der Waals surface area (Å²) < 4.78 is 10.2. The van der Waals surface area contributed by atoms with Gasteiger partial charge in [0.15, 0.2) is 11.5 Å². The topological polar surface area (TPSA) is 128 Å². The number of nitrogens with zero attached hydrogens (tertiary/aromatic N) is 2. The van der Waals surface area contributed by atoms with E-state index >= 15 is 0 Å². The fraction of sp³-hybridized carbons (Fsp3) is 0.389. The number of nitro groups is 1. The summed E-state index contributed by atoms with van der Waals surface area (Å²) in [5.41, 5.74) is -0.723. The smallest absolute Gasteiger partial charge is 0.331 e. The van der Waals surface area contributed by atoms with Crippen molar-refractivity contribution in [3.8, 4) is 11.5 Å². The van der Waals surface area contributed by atoms with E-state index in [1.807, 2.05) is 0 Å². The first-order valence-corrected chi connectivity index (χ1v) is 8.68. The van der Waals surface area contributed by atoms with E-state index in [0.29, 0.717) is 12.8 Å². The number of carbonyl (C=O) groups is 3. The largest absolute Gasteiger partial charge is 0.493 e. The van der Waals surface area contributed by atoms with Crippen LogP contribution in [0.4, 0.5) is 10.5 Å². The molecular weight excluding hydrogens is 370 g/mol. The maximum atomic E-state index is 12.8. The standard InChI is InChI=1S/C18H19N3O7/c1-27-14-8-10(13(21(25)26)9-15(14)28-2)7-12-16(22)19-18(24)20(17(12)23)11-5-3-4-6-11/h7-9,11H,3-6H2,1-2H3,(H,19,22,24)/b12-7+. The van der Waals surface area contributed by atoms with Crippen LogP contribution in [0.25, 0.3) is 6.08 Å². The van der Waals surface area contributed by atoms with Crippen molar-refractivity contribution in [2.45, 2.75) is 31.7 Å². The van der Waals surface area contributed by atoms with Crippen molar-refractivity contribution < 1.29 is 28.8 Å². The van der Waals surface area contributed by atoms with Gasteiger partial charge in [-0.05, 0) is 25.0 Å². The predicted molar refractivity (Wildman–Crippen MR) is 96.8 cm³/mol. The van der Waals surface area contributed by atoms with Crippen molar-refractivity contribution >= 4 is 29.6 Å². The number of methoxy groups -OCH3 is 2. The molecule has 1 aromatic carbocycles. The average Bonchev–Trinajstić information content (AvgIpc) is 3.18. The molecule has 4 amide bonds. The second-order valence-electron chi connectivity index (χ2n) is 6.45. The Balaban J connectivity index is 2.08. The van der Waals surface area contributed by atoms with Gasteiger partial charge < -0.3 is 9.47 Å². The summed E-state index contributed by atoms with van der Waals surface area (Å²) in [5, 5.41) is 13.6. The van der Waals surface area contributed by atoms with Gasteiger partial charge in [-0.3, -0.25) is 29.9 Å². The fourth-order valence-electron chi connectivity index (χ4n) is 3.48. The van der Waals surface area contributed by atoms with E-state index in [4.69, 9.17) is 9.47 Å². The highest BCUT2D eigenvalue weighted by molar-refractivity contribution is 6.31. The molecule has 0 aromatic heterocycles. The normalized spacial score (nSPS) is 19.1. The Kier molecular flexibility index (Phi) is 5.30. The number of imide groups is 2. The summed E-state index contributed by atoms with van der Waals surface area (Å²) in [7, 11) is 2.70. The molecule has 0 spiro atoms. The van der Waals surface area contributed by atoms with Crippen LogP contribution in [-0.4, -0.2) is 47.9 Å². The number of nitrogens with one attached hydrogen (secondary N) is 1. The number of amides is 4. The van der Waals surface area contributed by atoms with Crippen molar-refractivity contribution in [1.82, 2.24) is 10.2 Å².